The van der Waals surface area contributed by atoms with Crippen molar-refractivity contribution in [2.75, 3.05) is 0 Å². The van der Waals surface area contributed by atoms with Crippen LogP contribution in [0.15, 0.2) is 53.4 Å². The molecule has 4 heterocycles. The number of hydrogen-bond acceptors (Lipinski definition) is 5. The molecule has 0 spiro atoms. The van der Waals surface area contributed by atoms with Crippen LogP contribution in [0.5, 0.6) is 0 Å². The highest BCUT2D eigenvalue weighted by atomic mass is 35.5. The summed E-state index contributed by atoms with van der Waals surface area (Å²) < 4.78 is 7.23. The first-order valence-electron chi connectivity index (χ1n) is 7.10. The van der Waals surface area contributed by atoms with Crippen LogP contribution in [0.1, 0.15) is 24.4 Å². The molecule has 0 aliphatic rings. The monoisotopic (exact) mass is 325 g/mol. The van der Waals surface area contributed by atoms with Crippen LogP contribution < -0.4 is 0 Å². The molecule has 0 aromatic carbocycles. The molecule has 0 radical (unpaired) electrons. The Kier molecular flexibility index (Phi) is 3.31. The van der Waals surface area contributed by atoms with Crippen molar-refractivity contribution in [1.29, 1.82) is 0 Å². The maximum absolute atomic E-state index is 5.91. The van der Waals surface area contributed by atoms with E-state index in [1.54, 1.807) is 12.4 Å². The molecule has 0 aliphatic carbocycles. The first-order valence-corrected chi connectivity index (χ1v) is 7.47. The fraction of sp³-hybridized carbons (Fsp3) is 0.125. The van der Waals surface area contributed by atoms with E-state index in [0.29, 0.717) is 16.9 Å². The SMILES string of the molecule is CC(c1ccccn1)c1nc(-c2ccc3nc(Cl)cn3c2)no1. The fourth-order valence-corrected chi connectivity index (χ4v) is 2.57. The van der Waals surface area contributed by atoms with Crippen LogP contribution in [0.3, 0.4) is 0 Å². The maximum atomic E-state index is 5.91. The average molecular weight is 326 g/mol. The summed E-state index contributed by atoms with van der Waals surface area (Å²) >= 11 is 5.91. The van der Waals surface area contributed by atoms with Gasteiger partial charge < -0.3 is 8.92 Å². The van der Waals surface area contributed by atoms with Crippen molar-refractivity contribution in [1.82, 2.24) is 24.5 Å². The van der Waals surface area contributed by atoms with E-state index in [0.717, 1.165) is 16.9 Å². The van der Waals surface area contributed by atoms with Crippen LogP contribution in [0.4, 0.5) is 0 Å². The molecule has 23 heavy (non-hydrogen) atoms. The van der Waals surface area contributed by atoms with Gasteiger partial charge in [-0.3, -0.25) is 4.98 Å². The summed E-state index contributed by atoms with van der Waals surface area (Å²) in [5, 5.41) is 4.51. The predicted molar refractivity (Wildman–Crippen MR) is 85.2 cm³/mol. The third-order valence-electron chi connectivity index (χ3n) is 3.62. The Bertz CT molecular complexity index is 963. The third-order valence-corrected chi connectivity index (χ3v) is 3.81. The minimum Gasteiger partial charge on any atom is -0.338 e. The molecule has 1 atom stereocenters. The van der Waals surface area contributed by atoms with Crippen LogP contribution >= 0.6 is 11.6 Å². The zero-order valence-electron chi connectivity index (χ0n) is 12.2. The maximum Gasteiger partial charge on any atom is 0.235 e. The smallest absolute Gasteiger partial charge is 0.235 e. The van der Waals surface area contributed by atoms with E-state index in [1.165, 1.54) is 0 Å². The number of aromatic nitrogens is 5. The van der Waals surface area contributed by atoms with E-state index in [-0.39, 0.29) is 5.92 Å². The third kappa shape index (κ3) is 2.57. The Hall–Kier alpha value is -2.73. The highest BCUT2D eigenvalue weighted by Gasteiger charge is 2.18. The van der Waals surface area contributed by atoms with Crippen molar-refractivity contribution in [3.05, 3.63) is 65.7 Å². The topological polar surface area (TPSA) is 69.1 Å². The average Bonchev–Trinajstić information content (AvgIpc) is 3.19. The van der Waals surface area contributed by atoms with Gasteiger partial charge in [0.25, 0.3) is 0 Å². The van der Waals surface area contributed by atoms with Crippen LogP contribution in [0.2, 0.25) is 5.15 Å². The van der Waals surface area contributed by atoms with Crippen LogP contribution in [-0.4, -0.2) is 24.5 Å². The van der Waals surface area contributed by atoms with Crippen LogP contribution in [0.25, 0.3) is 17.0 Å². The first kappa shape index (κ1) is 13.9. The predicted octanol–water partition coefficient (Wildman–Crippen LogP) is 3.58. The van der Waals surface area contributed by atoms with Crippen LogP contribution in [0, 0.1) is 0 Å². The van der Waals surface area contributed by atoms with Crippen molar-refractivity contribution in [2.24, 2.45) is 0 Å². The summed E-state index contributed by atoms with van der Waals surface area (Å²) in [5.41, 5.74) is 2.48. The lowest BCUT2D eigenvalue weighted by Crippen LogP contribution is -1.98. The van der Waals surface area contributed by atoms with E-state index in [2.05, 4.69) is 20.1 Å². The molecule has 0 bridgehead atoms. The van der Waals surface area contributed by atoms with Gasteiger partial charge in [-0.2, -0.15) is 4.98 Å². The molecule has 0 saturated heterocycles. The zero-order chi connectivity index (χ0) is 15.8. The van der Waals surface area contributed by atoms with E-state index in [1.807, 2.05) is 47.9 Å². The largest absolute Gasteiger partial charge is 0.338 e. The highest BCUT2D eigenvalue weighted by Crippen LogP contribution is 2.24. The highest BCUT2D eigenvalue weighted by molar-refractivity contribution is 6.29. The van der Waals surface area contributed by atoms with Crippen molar-refractivity contribution in [2.45, 2.75) is 12.8 Å². The fourth-order valence-electron chi connectivity index (χ4n) is 2.38. The van der Waals surface area contributed by atoms with Gasteiger partial charge in [0, 0.05) is 24.2 Å². The van der Waals surface area contributed by atoms with Gasteiger partial charge in [0.1, 0.15) is 10.8 Å². The quantitative estimate of drug-likeness (QED) is 0.576. The second-order valence-corrected chi connectivity index (χ2v) is 5.57. The van der Waals surface area contributed by atoms with Crippen molar-refractivity contribution < 1.29 is 4.52 Å². The summed E-state index contributed by atoms with van der Waals surface area (Å²) in [5.74, 6) is 0.987. The minimum atomic E-state index is -0.0659. The van der Waals surface area contributed by atoms with Gasteiger partial charge in [0.15, 0.2) is 0 Å². The van der Waals surface area contributed by atoms with E-state index < -0.39 is 0 Å². The molecule has 0 saturated carbocycles. The van der Waals surface area contributed by atoms with Gasteiger partial charge in [-0.25, -0.2) is 4.98 Å². The summed E-state index contributed by atoms with van der Waals surface area (Å²) in [7, 11) is 0. The molecule has 6 nitrogen and oxygen atoms in total. The van der Waals surface area contributed by atoms with E-state index in [9.17, 15) is 0 Å². The van der Waals surface area contributed by atoms with Crippen molar-refractivity contribution >= 4 is 17.2 Å². The molecule has 1 unspecified atom stereocenters. The zero-order valence-corrected chi connectivity index (χ0v) is 13.0. The van der Waals surface area contributed by atoms with Gasteiger partial charge >= 0.3 is 0 Å². The molecular weight excluding hydrogens is 314 g/mol. The molecule has 0 fully saturated rings. The molecule has 4 aromatic heterocycles. The molecular formula is C16H12ClN5O. The molecule has 4 aromatic rings. The number of halogens is 1. The molecule has 0 aliphatic heterocycles. The standard InChI is InChI=1S/C16H12ClN5O/c1-10(12-4-2-3-7-18-12)16-20-15(21-23-16)11-5-6-14-19-13(17)9-22(14)8-11/h2-10H,1H3. The Morgan fingerprint density at radius 3 is 2.87 bits per heavy atom. The summed E-state index contributed by atoms with van der Waals surface area (Å²) in [6.45, 7) is 1.98. The minimum absolute atomic E-state index is 0.0659. The second kappa shape index (κ2) is 5.48. The second-order valence-electron chi connectivity index (χ2n) is 5.18. The summed E-state index contributed by atoms with van der Waals surface area (Å²) in [6, 6.07) is 9.50. The number of imidazole rings is 1. The number of nitrogens with zero attached hydrogens (tertiary/aromatic N) is 5. The van der Waals surface area contributed by atoms with Crippen LogP contribution in [-0.2, 0) is 0 Å². The lowest BCUT2D eigenvalue weighted by atomic mass is 10.1. The molecule has 0 N–H and O–H groups in total. The Morgan fingerprint density at radius 2 is 2.04 bits per heavy atom. The number of rotatable bonds is 3. The van der Waals surface area contributed by atoms with E-state index >= 15 is 0 Å². The number of hydrogen-bond donors (Lipinski definition) is 0. The molecule has 0 amide bonds. The Labute approximate surface area is 136 Å². The lowest BCUT2D eigenvalue weighted by molar-refractivity contribution is 0.369. The lowest BCUT2D eigenvalue weighted by Gasteiger charge is -2.04. The van der Waals surface area contributed by atoms with Gasteiger partial charge in [-0.15, -0.1) is 0 Å². The van der Waals surface area contributed by atoms with Crippen molar-refractivity contribution in [3.63, 3.8) is 0 Å². The Morgan fingerprint density at radius 1 is 1.13 bits per heavy atom. The molecule has 7 heteroatoms. The Balaban J connectivity index is 1.68. The van der Waals surface area contributed by atoms with Gasteiger partial charge in [-0.1, -0.05) is 22.8 Å². The van der Waals surface area contributed by atoms with Gasteiger partial charge in [0.2, 0.25) is 11.7 Å². The summed E-state index contributed by atoms with van der Waals surface area (Å²) in [6.07, 6.45) is 5.35. The van der Waals surface area contributed by atoms with Crippen molar-refractivity contribution in [3.8, 4) is 11.4 Å². The first-order chi connectivity index (χ1) is 11.2. The number of pyridine rings is 2. The van der Waals surface area contributed by atoms with Gasteiger partial charge in [-0.05, 0) is 31.2 Å². The normalized spacial score (nSPS) is 12.6. The molecule has 4 rings (SSSR count). The van der Waals surface area contributed by atoms with Gasteiger partial charge in [0.05, 0.1) is 11.6 Å². The molecule has 114 valence electrons. The summed E-state index contributed by atoms with van der Waals surface area (Å²) in [4.78, 5) is 13.0. The number of fused-ring (bicyclic) bond motifs is 1. The van der Waals surface area contributed by atoms with E-state index in [4.69, 9.17) is 16.1 Å².